The lowest BCUT2D eigenvalue weighted by Crippen LogP contribution is -2.07. The molecule has 1 aromatic rings. The standard InChI is InChI=1S/C11H9F3O2/c1-16-10-5-4-8(3-2-6-15)7-9(10)11(12,13)14/h2-7H,1H3/b3-2+. The van der Waals surface area contributed by atoms with Gasteiger partial charge in [0.1, 0.15) is 12.0 Å². The summed E-state index contributed by atoms with van der Waals surface area (Å²) in [5.74, 6) is -0.240. The third kappa shape index (κ3) is 2.85. The molecule has 5 heteroatoms. The summed E-state index contributed by atoms with van der Waals surface area (Å²) < 4.78 is 42.3. The number of aldehydes is 1. The van der Waals surface area contributed by atoms with E-state index in [0.717, 1.165) is 12.1 Å². The number of benzene rings is 1. The van der Waals surface area contributed by atoms with E-state index in [0.29, 0.717) is 11.8 Å². The van der Waals surface area contributed by atoms with Crippen molar-refractivity contribution in [2.45, 2.75) is 6.18 Å². The van der Waals surface area contributed by atoms with Gasteiger partial charge in [-0.05, 0) is 23.8 Å². The average Bonchev–Trinajstić information content (AvgIpc) is 2.24. The van der Waals surface area contributed by atoms with Gasteiger partial charge in [0, 0.05) is 0 Å². The van der Waals surface area contributed by atoms with Crippen LogP contribution in [-0.2, 0) is 11.0 Å². The van der Waals surface area contributed by atoms with E-state index in [9.17, 15) is 18.0 Å². The van der Waals surface area contributed by atoms with Gasteiger partial charge in [-0.15, -0.1) is 0 Å². The Kier molecular flexibility index (Phi) is 3.71. The molecule has 0 aromatic heterocycles. The predicted molar refractivity (Wildman–Crippen MR) is 53.1 cm³/mol. The van der Waals surface area contributed by atoms with Gasteiger partial charge >= 0.3 is 6.18 Å². The smallest absolute Gasteiger partial charge is 0.419 e. The zero-order valence-electron chi connectivity index (χ0n) is 8.41. The topological polar surface area (TPSA) is 26.3 Å². The number of alkyl halides is 3. The van der Waals surface area contributed by atoms with E-state index in [4.69, 9.17) is 0 Å². The summed E-state index contributed by atoms with van der Waals surface area (Å²) in [6.07, 6.45) is -1.56. The zero-order chi connectivity index (χ0) is 12.2. The van der Waals surface area contributed by atoms with Gasteiger partial charge in [-0.25, -0.2) is 0 Å². The monoisotopic (exact) mass is 230 g/mol. The molecular weight excluding hydrogens is 221 g/mol. The van der Waals surface area contributed by atoms with Crippen molar-refractivity contribution in [3.63, 3.8) is 0 Å². The van der Waals surface area contributed by atoms with E-state index < -0.39 is 11.7 Å². The van der Waals surface area contributed by atoms with Crippen LogP contribution in [0.25, 0.3) is 6.08 Å². The number of carbonyl (C=O) groups excluding carboxylic acids is 1. The molecule has 0 saturated carbocycles. The fourth-order valence-corrected chi connectivity index (χ4v) is 1.20. The lowest BCUT2D eigenvalue weighted by molar-refractivity contribution is -0.138. The molecule has 0 bridgehead atoms. The molecule has 0 amide bonds. The molecule has 0 atom stereocenters. The number of carbonyl (C=O) groups is 1. The van der Waals surface area contributed by atoms with Crippen molar-refractivity contribution >= 4 is 12.4 Å². The van der Waals surface area contributed by atoms with Crippen LogP contribution in [0.15, 0.2) is 24.3 Å². The Morgan fingerprint density at radius 3 is 2.50 bits per heavy atom. The van der Waals surface area contributed by atoms with E-state index in [1.165, 1.54) is 25.3 Å². The summed E-state index contributed by atoms with van der Waals surface area (Å²) in [5, 5.41) is 0. The number of allylic oxidation sites excluding steroid dienone is 1. The van der Waals surface area contributed by atoms with Crippen LogP contribution in [0, 0.1) is 0 Å². The molecule has 0 heterocycles. The minimum atomic E-state index is -4.48. The molecule has 0 fully saturated rings. The van der Waals surface area contributed by atoms with Crippen LogP contribution in [0.3, 0.4) is 0 Å². The molecule has 1 rings (SSSR count). The Labute approximate surface area is 90.3 Å². The zero-order valence-corrected chi connectivity index (χ0v) is 8.41. The Hall–Kier alpha value is -1.78. The summed E-state index contributed by atoms with van der Waals surface area (Å²) in [6.45, 7) is 0. The van der Waals surface area contributed by atoms with Crippen molar-refractivity contribution in [1.29, 1.82) is 0 Å². The largest absolute Gasteiger partial charge is 0.496 e. The van der Waals surface area contributed by atoms with Crippen LogP contribution in [-0.4, -0.2) is 13.4 Å². The first-order valence-electron chi connectivity index (χ1n) is 4.36. The van der Waals surface area contributed by atoms with Gasteiger partial charge in [-0.2, -0.15) is 13.2 Å². The molecule has 0 aliphatic carbocycles. The fourth-order valence-electron chi connectivity index (χ4n) is 1.20. The molecule has 0 aliphatic rings. The first-order chi connectivity index (χ1) is 7.49. The molecular formula is C11H9F3O2. The second kappa shape index (κ2) is 4.83. The molecule has 0 radical (unpaired) electrons. The third-order valence-corrected chi connectivity index (χ3v) is 1.90. The molecule has 1 aromatic carbocycles. The first kappa shape index (κ1) is 12.3. The Morgan fingerprint density at radius 2 is 2.00 bits per heavy atom. The van der Waals surface area contributed by atoms with E-state index in [-0.39, 0.29) is 5.75 Å². The number of ether oxygens (including phenoxy) is 1. The maximum Gasteiger partial charge on any atom is 0.419 e. The summed E-state index contributed by atoms with van der Waals surface area (Å²) >= 11 is 0. The highest BCUT2D eigenvalue weighted by molar-refractivity contribution is 5.74. The second-order valence-corrected chi connectivity index (χ2v) is 2.95. The van der Waals surface area contributed by atoms with Gasteiger partial charge < -0.3 is 4.74 Å². The van der Waals surface area contributed by atoms with Crippen molar-refractivity contribution < 1.29 is 22.7 Å². The van der Waals surface area contributed by atoms with Gasteiger partial charge in [0.15, 0.2) is 0 Å². The van der Waals surface area contributed by atoms with E-state index in [1.807, 2.05) is 0 Å². The molecule has 16 heavy (non-hydrogen) atoms. The third-order valence-electron chi connectivity index (χ3n) is 1.90. The molecule has 0 aliphatic heterocycles. The minimum absolute atomic E-state index is 0.240. The number of hydrogen-bond acceptors (Lipinski definition) is 2. The molecule has 0 unspecified atom stereocenters. The molecule has 2 nitrogen and oxygen atoms in total. The quantitative estimate of drug-likeness (QED) is 0.589. The normalized spacial score (nSPS) is 11.8. The summed E-state index contributed by atoms with van der Waals surface area (Å²) in [5.41, 5.74) is -0.566. The van der Waals surface area contributed by atoms with Crippen molar-refractivity contribution in [3.05, 3.63) is 35.4 Å². The number of hydrogen-bond donors (Lipinski definition) is 0. The fraction of sp³-hybridized carbons (Fsp3) is 0.182. The summed E-state index contributed by atoms with van der Waals surface area (Å²) in [7, 11) is 1.17. The molecule has 0 spiro atoms. The highest BCUT2D eigenvalue weighted by atomic mass is 19.4. The highest BCUT2D eigenvalue weighted by Crippen LogP contribution is 2.36. The second-order valence-electron chi connectivity index (χ2n) is 2.95. The predicted octanol–water partition coefficient (Wildman–Crippen LogP) is 2.93. The Morgan fingerprint density at radius 1 is 1.31 bits per heavy atom. The van der Waals surface area contributed by atoms with E-state index >= 15 is 0 Å². The van der Waals surface area contributed by atoms with Crippen molar-refractivity contribution in [3.8, 4) is 5.75 Å². The summed E-state index contributed by atoms with van der Waals surface area (Å²) in [6, 6.07) is 3.58. The van der Waals surface area contributed by atoms with Crippen LogP contribution < -0.4 is 4.74 Å². The van der Waals surface area contributed by atoms with E-state index in [1.54, 1.807) is 0 Å². The Balaban J connectivity index is 3.21. The molecule has 86 valence electrons. The lowest BCUT2D eigenvalue weighted by atomic mass is 10.1. The maximum atomic E-state index is 12.6. The Bertz CT molecular complexity index is 408. The number of halogens is 3. The van der Waals surface area contributed by atoms with E-state index in [2.05, 4.69) is 4.74 Å². The van der Waals surface area contributed by atoms with Crippen LogP contribution in [0.4, 0.5) is 13.2 Å². The number of rotatable bonds is 3. The lowest BCUT2D eigenvalue weighted by Gasteiger charge is -2.12. The van der Waals surface area contributed by atoms with Crippen molar-refractivity contribution in [1.82, 2.24) is 0 Å². The molecule has 0 saturated heterocycles. The molecule has 0 N–H and O–H groups in total. The van der Waals surface area contributed by atoms with Crippen LogP contribution in [0.5, 0.6) is 5.75 Å². The van der Waals surface area contributed by atoms with Crippen molar-refractivity contribution in [2.75, 3.05) is 7.11 Å². The van der Waals surface area contributed by atoms with Gasteiger partial charge in [0.05, 0.1) is 12.7 Å². The van der Waals surface area contributed by atoms with Gasteiger partial charge in [-0.1, -0.05) is 12.1 Å². The van der Waals surface area contributed by atoms with Gasteiger partial charge in [0.2, 0.25) is 0 Å². The van der Waals surface area contributed by atoms with Crippen LogP contribution in [0.2, 0.25) is 0 Å². The van der Waals surface area contributed by atoms with Crippen molar-refractivity contribution in [2.24, 2.45) is 0 Å². The minimum Gasteiger partial charge on any atom is -0.496 e. The van der Waals surface area contributed by atoms with Crippen LogP contribution in [0.1, 0.15) is 11.1 Å². The average molecular weight is 230 g/mol. The number of methoxy groups -OCH3 is 1. The van der Waals surface area contributed by atoms with Gasteiger partial charge in [0.25, 0.3) is 0 Å². The van der Waals surface area contributed by atoms with Gasteiger partial charge in [-0.3, -0.25) is 4.79 Å². The maximum absolute atomic E-state index is 12.6. The summed E-state index contributed by atoms with van der Waals surface area (Å²) in [4.78, 5) is 10.0. The van der Waals surface area contributed by atoms with Crippen LogP contribution >= 0.6 is 0 Å². The first-order valence-corrected chi connectivity index (χ1v) is 4.36. The SMILES string of the molecule is COc1ccc(/C=C/C=O)cc1C(F)(F)F. The highest BCUT2D eigenvalue weighted by Gasteiger charge is 2.34.